The van der Waals surface area contributed by atoms with Gasteiger partial charge in [-0.05, 0) is 216 Å². The summed E-state index contributed by atoms with van der Waals surface area (Å²) < 4.78 is 4.34. The van der Waals surface area contributed by atoms with E-state index in [-0.39, 0.29) is 16.5 Å². The number of nitrogens with zero attached hydrogens (tertiary/aromatic N) is 6. The predicted octanol–water partition coefficient (Wildman–Crippen LogP) is 33.3. The SMILES string of the molecule is CCCC#CCCc1ccccc1C1=CC(CCCCC)=C(c2ccc(CCCC)cc2)[N+]1=[N-].CCCCCCCCc1cccc(C2=CC(CCCCC)=C(c3ccc(CCCC)cc3)[N+]2=[N-])c1.CCCCCCCCc1cccc(C2=CC(CCCCC)=C(c3ccc(CCCC)cc3)[N+]2=[N-])c1.CCC[CH2][Ni][CH2]CCC.[Ni]. The van der Waals surface area contributed by atoms with Crippen LogP contribution in [0.3, 0.4) is 0 Å². The summed E-state index contributed by atoms with van der Waals surface area (Å²) in [4.78, 5) is 0. The van der Waals surface area contributed by atoms with Crippen LogP contribution in [0.5, 0.6) is 0 Å². The van der Waals surface area contributed by atoms with Crippen molar-refractivity contribution in [2.45, 2.75) is 363 Å². The number of unbranched alkanes of at least 4 members (excludes halogenated alkanes) is 22. The van der Waals surface area contributed by atoms with E-state index in [0.717, 1.165) is 164 Å². The molecule has 0 aliphatic carbocycles. The van der Waals surface area contributed by atoms with Gasteiger partial charge in [-0.25, -0.2) is 14.1 Å². The zero-order valence-electron chi connectivity index (χ0n) is 73.2. The third kappa shape index (κ3) is 34.4. The second-order valence-electron chi connectivity index (χ2n) is 31.8. The molecule has 9 rings (SSSR count). The molecule has 0 spiro atoms. The maximum Gasteiger partial charge on any atom is 0 e. The molecule has 6 nitrogen and oxygen atoms in total. The zero-order valence-corrected chi connectivity index (χ0v) is 75.2. The van der Waals surface area contributed by atoms with Gasteiger partial charge in [0.25, 0.3) is 0 Å². The van der Waals surface area contributed by atoms with E-state index in [1.54, 1.807) is 0 Å². The van der Waals surface area contributed by atoms with Crippen molar-refractivity contribution in [2.75, 3.05) is 0 Å². The number of hydrogen-bond donors (Lipinski definition) is 0. The topological polar surface area (TPSA) is 75.9 Å². The van der Waals surface area contributed by atoms with Gasteiger partial charge in [0.05, 0.1) is 0 Å². The van der Waals surface area contributed by atoms with Crippen LogP contribution in [-0.4, -0.2) is 14.1 Å². The van der Waals surface area contributed by atoms with Crippen LogP contribution in [0, 0.1) is 11.8 Å². The van der Waals surface area contributed by atoms with Crippen LogP contribution in [0.15, 0.2) is 181 Å². The average Bonchev–Trinajstić information content (AvgIpc) is 1.65. The van der Waals surface area contributed by atoms with Crippen LogP contribution in [0.1, 0.15) is 380 Å². The molecule has 114 heavy (non-hydrogen) atoms. The average molecular weight is 1630 g/mol. The van der Waals surface area contributed by atoms with Crippen LogP contribution in [0.25, 0.3) is 50.8 Å². The molecule has 0 radical (unpaired) electrons. The van der Waals surface area contributed by atoms with Gasteiger partial charge in [0.15, 0.2) is 0 Å². The molecule has 6 aromatic carbocycles. The van der Waals surface area contributed by atoms with Gasteiger partial charge in [-0.15, -0.1) is 11.8 Å². The van der Waals surface area contributed by atoms with E-state index in [2.05, 4.69) is 252 Å². The molecule has 8 heteroatoms. The Hall–Kier alpha value is -6.89. The second kappa shape index (κ2) is 59.7. The summed E-state index contributed by atoms with van der Waals surface area (Å²) in [5.74, 6) is 6.56. The summed E-state index contributed by atoms with van der Waals surface area (Å²) in [6.07, 6.45) is 58.3. The fourth-order valence-electron chi connectivity index (χ4n) is 15.0. The molecule has 0 atom stereocenters. The van der Waals surface area contributed by atoms with Crippen LogP contribution >= 0.6 is 0 Å². The summed E-state index contributed by atoms with van der Waals surface area (Å²) in [5, 5.41) is 2.78. The van der Waals surface area contributed by atoms with Gasteiger partial charge in [-0.2, -0.15) is 0 Å². The third-order valence-electron chi connectivity index (χ3n) is 22.0. The molecule has 3 heterocycles. The molecular formula is C106H150N6Ni2. The van der Waals surface area contributed by atoms with Crippen LogP contribution < -0.4 is 0 Å². The fourth-order valence-corrected chi connectivity index (χ4v) is 16.5. The van der Waals surface area contributed by atoms with Crippen molar-refractivity contribution in [3.05, 3.63) is 264 Å². The van der Waals surface area contributed by atoms with Gasteiger partial charge in [-0.3, -0.25) is 0 Å². The van der Waals surface area contributed by atoms with Crippen LogP contribution in [-0.2, 0) is 69.5 Å². The van der Waals surface area contributed by atoms with Crippen molar-refractivity contribution < 1.29 is 45.0 Å². The summed E-state index contributed by atoms with van der Waals surface area (Å²) in [6.45, 7) is 24.6. The summed E-state index contributed by atoms with van der Waals surface area (Å²) >= 11 is 1.94. The predicted molar refractivity (Wildman–Crippen MR) is 487 cm³/mol. The Balaban J connectivity index is 0.000000288. The molecule has 0 aromatic heterocycles. The first-order valence-electron chi connectivity index (χ1n) is 45.7. The molecule has 0 unspecified atom stereocenters. The van der Waals surface area contributed by atoms with E-state index in [4.69, 9.17) is 0 Å². The fraction of sp³-hybridized carbons (Fsp3) is 0.528. The van der Waals surface area contributed by atoms with Gasteiger partial charge in [0.2, 0.25) is 34.2 Å². The van der Waals surface area contributed by atoms with Crippen molar-refractivity contribution in [1.82, 2.24) is 0 Å². The van der Waals surface area contributed by atoms with Crippen molar-refractivity contribution in [3.8, 4) is 11.8 Å². The molecule has 0 saturated heterocycles. The molecule has 3 aliphatic heterocycles. The largest absolute Gasteiger partial charge is 0 e. The molecule has 624 valence electrons. The van der Waals surface area contributed by atoms with Crippen LogP contribution in [0.2, 0.25) is 10.8 Å². The zero-order chi connectivity index (χ0) is 80.9. The maximum absolute atomic E-state index is 11.4. The van der Waals surface area contributed by atoms with E-state index in [1.807, 2.05) is 14.4 Å². The van der Waals surface area contributed by atoms with E-state index in [1.165, 1.54) is 255 Å². The molecule has 0 bridgehead atoms. The van der Waals surface area contributed by atoms with Crippen molar-refractivity contribution in [1.29, 1.82) is 0 Å². The van der Waals surface area contributed by atoms with Gasteiger partial charge < -0.3 is 16.6 Å². The summed E-state index contributed by atoms with van der Waals surface area (Å²) in [5.41, 5.74) is 58.2. The number of hydrogen-bond acceptors (Lipinski definition) is 0. The monoisotopic (exact) mass is 1620 g/mol. The van der Waals surface area contributed by atoms with E-state index >= 15 is 0 Å². The minimum absolute atomic E-state index is 0. The quantitative estimate of drug-likeness (QED) is 0.0158. The van der Waals surface area contributed by atoms with Crippen LogP contribution in [0.4, 0.5) is 0 Å². The third-order valence-corrected chi connectivity index (χ3v) is 23.4. The number of rotatable bonds is 50. The maximum atomic E-state index is 11.4. The first-order chi connectivity index (χ1) is 55.4. The first-order valence-corrected chi connectivity index (χ1v) is 47.1. The van der Waals surface area contributed by atoms with Gasteiger partial charge in [0.1, 0.15) is 0 Å². The Morgan fingerprint density at radius 1 is 0.263 bits per heavy atom. The minimum Gasteiger partial charge on any atom is 0 e. The smallest absolute Gasteiger partial charge is 0 e. The molecule has 0 N–H and O–H groups in total. The van der Waals surface area contributed by atoms with Crippen molar-refractivity contribution >= 4 is 34.2 Å². The van der Waals surface area contributed by atoms with E-state index in [9.17, 15) is 16.6 Å². The van der Waals surface area contributed by atoms with Crippen molar-refractivity contribution in [2.24, 2.45) is 0 Å². The second-order valence-corrected chi connectivity index (χ2v) is 33.3. The molecule has 6 aromatic rings. The molecule has 0 amide bonds. The number of allylic oxidation sites excluding steroid dienone is 6. The standard InChI is InChI=1S/2C33H46N2.C32H40N2.2C4H9.2Ni/c2*1-4-7-10-11-12-14-17-28-18-15-20-30(25-28)32-26-31(19-13-8-5-2)33(35(32)34)29-23-21-27(22-24-29)16-9-6-3;1-4-7-10-11-13-17-27-18-14-15-20-30(27)31-25-29(19-12-8-5-2)32(34(31)33)28-23-21-26(22-24-28)16-9-6-3;2*1-3-4-2;;/h2*15,18,20-26H,4-14,16-17,19H2,1-3H3;14-15,18,20-25H,4-9,12-13,16-17,19H2,1-3H3;2*1,3-4H2,2H3;;. The van der Waals surface area contributed by atoms with E-state index < -0.39 is 0 Å². The first kappa shape index (κ1) is 97.7. The Labute approximate surface area is 712 Å². The van der Waals surface area contributed by atoms with Crippen molar-refractivity contribution in [3.63, 3.8) is 0 Å². The molecular weight excluding hydrogens is 1470 g/mol. The molecule has 3 aliphatic rings. The normalized spacial score (nSPS) is 13.1. The molecule has 0 fully saturated rings. The Morgan fingerprint density at radius 2 is 0.579 bits per heavy atom. The number of aryl methyl sites for hydroxylation is 6. The Morgan fingerprint density at radius 3 is 0.956 bits per heavy atom. The number of benzene rings is 6. The van der Waals surface area contributed by atoms with Gasteiger partial charge >= 0.3 is 64.8 Å². The molecule has 0 saturated carbocycles. The summed E-state index contributed by atoms with van der Waals surface area (Å²) in [6, 6.07) is 52.5. The van der Waals surface area contributed by atoms with Gasteiger partial charge in [0, 0.05) is 97.7 Å². The Bertz CT molecular complexity index is 3840. The van der Waals surface area contributed by atoms with Gasteiger partial charge in [-0.1, -0.05) is 263 Å². The minimum atomic E-state index is 0. The summed E-state index contributed by atoms with van der Waals surface area (Å²) in [7, 11) is 0. The Kier molecular flexibility index (Phi) is 51.2. The van der Waals surface area contributed by atoms with E-state index in [0.29, 0.717) is 0 Å².